The van der Waals surface area contributed by atoms with Crippen molar-refractivity contribution in [2.24, 2.45) is 59.2 Å². The number of carboxylic acids is 4. The SMILES string of the molecule is O=C(O)CC1C2CC(C1C(=O)O)C1C3CC(C(C(=O)O)C3C(=O)O)C21. The molecule has 136 valence electrons. The van der Waals surface area contributed by atoms with Crippen LogP contribution >= 0.6 is 0 Å². The average molecular weight is 352 g/mol. The van der Waals surface area contributed by atoms with Crippen LogP contribution in [-0.2, 0) is 19.2 Å². The molecular formula is C17H20O8. The lowest BCUT2D eigenvalue weighted by Crippen LogP contribution is -2.49. The second-order valence-electron chi connectivity index (χ2n) is 8.14. The van der Waals surface area contributed by atoms with E-state index >= 15 is 0 Å². The van der Waals surface area contributed by atoms with Crippen LogP contribution in [0.4, 0.5) is 0 Å². The zero-order chi connectivity index (χ0) is 18.2. The molecule has 4 saturated carbocycles. The van der Waals surface area contributed by atoms with Crippen molar-refractivity contribution in [3.8, 4) is 0 Å². The van der Waals surface area contributed by atoms with Gasteiger partial charge in [0.25, 0.3) is 0 Å². The van der Waals surface area contributed by atoms with Gasteiger partial charge in [-0.25, -0.2) is 0 Å². The van der Waals surface area contributed by atoms with Crippen LogP contribution in [0.1, 0.15) is 19.3 Å². The fourth-order valence-electron chi connectivity index (χ4n) is 7.29. The van der Waals surface area contributed by atoms with Gasteiger partial charge in [0.1, 0.15) is 0 Å². The van der Waals surface area contributed by atoms with Gasteiger partial charge in [0.2, 0.25) is 0 Å². The van der Waals surface area contributed by atoms with Gasteiger partial charge in [-0.1, -0.05) is 0 Å². The first-order valence-electron chi connectivity index (χ1n) is 8.64. The van der Waals surface area contributed by atoms with E-state index in [9.17, 15) is 34.5 Å². The molecule has 4 aliphatic rings. The van der Waals surface area contributed by atoms with Gasteiger partial charge in [-0.05, 0) is 54.3 Å². The molecule has 0 heterocycles. The van der Waals surface area contributed by atoms with Gasteiger partial charge in [0.15, 0.2) is 0 Å². The summed E-state index contributed by atoms with van der Waals surface area (Å²) in [5, 5.41) is 37.9. The third-order valence-corrected chi connectivity index (χ3v) is 7.56. The molecule has 0 aromatic heterocycles. The van der Waals surface area contributed by atoms with Crippen LogP contribution in [0.3, 0.4) is 0 Å². The minimum Gasteiger partial charge on any atom is -0.481 e. The van der Waals surface area contributed by atoms with Gasteiger partial charge in [-0.3, -0.25) is 19.2 Å². The Hall–Kier alpha value is -2.12. The Morgan fingerprint density at radius 3 is 1.48 bits per heavy atom. The second kappa shape index (κ2) is 5.19. The van der Waals surface area contributed by atoms with Gasteiger partial charge in [0.05, 0.1) is 17.8 Å². The minimum absolute atomic E-state index is 0.0494. The maximum atomic E-state index is 11.8. The topological polar surface area (TPSA) is 149 Å². The van der Waals surface area contributed by atoms with E-state index in [0.717, 1.165) is 0 Å². The van der Waals surface area contributed by atoms with Crippen LogP contribution in [0.25, 0.3) is 0 Å². The average Bonchev–Trinajstić information content (AvgIpc) is 3.20. The fourth-order valence-corrected chi connectivity index (χ4v) is 7.29. The van der Waals surface area contributed by atoms with E-state index < -0.39 is 47.5 Å². The Bertz CT molecular complexity index is 672. The van der Waals surface area contributed by atoms with Crippen molar-refractivity contribution in [2.75, 3.05) is 0 Å². The summed E-state index contributed by atoms with van der Waals surface area (Å²) in [6.45, 7) is 0. The first-order chi connectivity index (χ1) is 11.7. The number of carbonyl (C=O) groups is 4. The van der Waals surface area contributed by atoms with Gasteiger partial charge in [-0.2, -0.15) is 0 Å². The maximum absolute atomic E-state index is 11.8. The molecule has 4 rings (SSSR count). The predicted octanol–water partition coefficient (Wildman–Crippen LogP) is 0.711. The summed E-state index contributed by atoms with van der Waals surface area (Å²) < 4.78 is 0. The van der Waals surface area contributed by atoms with Crippen LogP contribution in [0.15, 0.2) is 0 Å². The number of carboxylic acid groups (broad SMARTS) is 4. The summed E-state index contributed by atoms with van der Waals surface area (Å²) >= 11 is 0. The van der Waals surface area contributed by atoms with Crippen molar-refractivity contribution < 1.29 is 39.6 Å². The molecule has 10 unspecified atom stereocenters. The zero-order valence-electron chi connectivity index (χ0n) is 13.3. The van der Waals surface area contributed by atoms with Crippen LogP contribution in [0.2, 0.25) is 0 Å². The number of fused-ring (bicyclic) bond motifs is 9. The Morgan fingerprint density at radius 1 is 0.640 bits per heavy atom. The summed E-state index contributed by atoms with van der Waals surface area (Å²) in [5.41, 5.74) is 0. The van der Waals surface area contributed by atoms with Crippen LogP contribution < -0.4 is 0 Å². The number of hydrogen-bond donors (Lipinski definition) is 4. The Morgan fingerprint density at radius 2 is 1.04 bits per heavy atom. The first kappa shape index (κ1) is 16.4. The number of aliphatic carboxylic acids is 4. The van der Waals surface area contributed by atoms with Crippen LogP contribution in [0.5, 0.6) is 0 Å². The molecule has 8 heteroatoms. The molecule has 0 aromatic rings. The predicted molar refractivity (Wildman–Crippen MR) is 79.3 cm³/mol. The van der Waals surface area contributed by atoms with Crippen molar-refractivity contribution >= 4 is 23.9 Å². The molecule has 0 spiro atoms. The molecule has 4 bridgehead atoms. The highest BCUT2D eigenvalue weighted by atomic mass is 16.4. The lowest BCUT2D eigenvalue weighted by molar-refractivity contribution is -0.163. The van der Waals surface area contributed by atoms with Crippen molar-refractivity contribution in [3.63, 3.8) is 0 Å². The molecule has 25 heavy (non-hydrogen) atoms. The van der Waals surface area contributed by atoms with E-state index in [0.29, 0.717) is 12.8 Å². The molecule has 0 saturated heterocycles. The van der Waals surface area contributed by atoms with Gasteiger partial charge in [-0.15, -0.1) is 0 Å². The molecule has 0 aromatic carbocycles. The van der Waals surface area contributed by atoms with Crippen molar-refractivity contribution in [1.82, 2.24) is 0 Å². The summed E-state index contributed by atoms with van der Waals surface area (Å²) in [6.07, 6.45) is 0.858. The van der Waals surface area contributed by atoms with E-state index in [2.05, 4.69) is 0 Å². The van der Waals surface area contributed by atoms with E-state index in [1.807, 2.05) is 0 Å². The van der Waals surface area contributed by atoms with E-state index in [1.165, 1.54) is 0 Å². The lowest BCUT2D eigenvalue weighted by atomic mass is 9.58. The second-order valence-corrected chi connectivity index (χ2v) is 8.14. The largest absolute Gasteiger partial charge is 0.481 e. The Balaban J connectivity index is 1.71. The highest BCUT2D eigenvalue weighted by Crippen LogP contribution is 2.73. The summed E-state index contributed by atoms with van der Waals surface area (Å²) in [4.78, 5) is 46.3. The summed E-state index contributed by atoms with van der Waals surface area (Å²) in [6, 6.07) is 0. The quantitative estimate of drug-likeness (QED) is 0.529. The van der Waals surface area contributed by atoms with Crippen molar-refractivity contribution in [3.05, 3.63) is 0 Å². The normalized spacial score (nSPS) is 49.1. The first-order valence-corrected chi connectivity index (χ1v) is 8.64. The van der Waals surface area contributed by atoms with Gasteiger partial charge < -0.3 is 20.4 Å². The molecule has 0 amide bonds. The summed E-state index contributed by atoms with van der Waals surface area (Å²) in [7, 11) is 0. The van der Waals surface area contributed by atoms with Gasteiger partial charge in [0, 0.05) is 6.42 Å². The molecule has 0 aliphatic heterocycles. The highest BCUT2D eigenvalue weighted by Gasteiger charge is 2.73. The maximum Gasteiger partial charge on any atom is 0.307 e. The van der Waals surface area contributed by atoms with E-state index in [1.54, 1.807) is 0 Å². The van der Waals surface area contributed by atoms with Crippen LogP contribution in [0, 0.1) is 59.2 Å². The molecule has 4 aliphatic carbocycles. The highest BCUT2D eigenvalue weighted by molar-refractivity contribution is 5.82. The number of hydrogen-bond acceptors (Lipinski definition) is 4. The molecule has 4 N–H and O–H groups in total. The Kier molecular flexibility index (Phi) is 3.39. The summed E-state index contributed by atoms with van der Waals surface area (Å²) in [5.74, 6) is -8.54. The van der Waals surface area contributed by atoms with Crippen molar-refractivity contribution in [2.45, 2.75) is 19.3 Å². The molecule has 8 nitrogen and oxygen atoms in total. The Labute approximate surface area is 142 Å². The third kappa shape index (κ3) is 1.99. The van der Waals surface area contributed by atoms with E-state index in [4.69, 9.17) is 5.11 Å². The zero-order valence-corrected chi connectivity index (χ0v) is 13.3. The monoisotopic (exact) mass is 352 g/mol. The lowest BCUT2D eigenvalue weighted by Gasteiger charge is -2.44. The fraction of sp³-hybridized carbons (Fsp3) is 0.765. The van der Waals surface area contributed by atoms with Crippen molar-refractivity contribution in [1.29, 1.82) is 0 Å². The standard InChI is InChI=1S/C17H20O8/c18-9(19)3-5-4-1-6(12(5)15(20)21)11-8-2-7(10(4)11)13(16(22)23)14(8)17(24)25/h4-8,10-14H,1-3H2,(H,18,19)(H,20,21)(H,22,23)(H,24,25). The van der Waals surface area contributed by atoms with Crippen LogP contribution in [-0.4, -0.2) is 44.3 Å². The smallest absolute Gasteiger partial charge is 0.307 e. The van der Waals surface area contributed by atoms with E-state index in [-0.39, 0.29) is 41.9 Å². The third-order valence-electron chi connectivity index (χ3n) is 7.56. The molecule has 4 fully saturated rings. The molecular weight excluding hydrogens is 332 g/mol. The molecule has 0 radical (unpaired) electrons. The van der Waals surface area contributed by atoms with Gasteiger partial charge >= 0.3 is 23.9 Å². The minimum atomic E-state index is -1.12. The number of rotatable bonds is 5. The molecule has 10 atom stereocenters.